The van der Waals surface area contributed by atoms with Crippen molar-refractivity contribution in [2.24, 2.45) is 0 Å². The van der Waals surface area contributed by atoms with Crippen molar-refractivity contribution < 1.29 is 19.8 Å². The van der Waals surface area contributed by atoms with Crippen LogP contribution in [0.15, 0.2) is 84.9 Å². The van der Waals surface area contributed by atoms with E-state index < -0.39 is 12.1 Å². The first kappa shape index (κ1) is 27.3. The van der Waals surface area contributed by atoms with Crippen LogP contribution in [0.4, 0.5) is 0 Å². The van der Waals surface area contributed by atoms with Crippen LogP contribution in [0.5, 0.6) is 0 Å². The van der Waals surface area contributed by atoms with Crippen LogP contribution in [0.3, 0.4) is 0 Å². The third-order valence-electron chi connectivity index (χ3n) is 7.23. The Labute approximate surface area is 225 Å². The summed E-state index contributed by atoms with van der Waals surface area (Å²) in [6.07, 6.45) is 5.51. The van der Waals surface area contributed by atoms with E-state index >= 15 is 0 Å². The van der Waals surface area contributed by atoms with Gasteiger partial charge in [0, 0.05) is 19.4 Å². The van der Waals surface area contributed by atoms with Gasteiger partial charge in [0.1, 0.15) is 0 Å². The van der Waals surface area contributed by atoms with E-state index in [0.717, 1.165) is 28.7 Å². The van der Waals surface area contributed by atoms with E-state index in [-0.39, 0.29) is 22.9 Å². The van der Waals surface area contributed by atoms with Gasteiger partial charge in [-0.3, -0.25) is 4.79 Å². The van der Waals surface area contributed by atoms with E-state index in [1.54, 1.807) is 24.3 Å². The Morgan fingerprint density at radius 2 is 1.71 bits per heavy atom. The van der Waals surface area contributed by atoms with Crippen LogP contribution in [0.2, 0.25) is 0 Å². The Hall–Kier alpha value is -3.70. The fraction of sp³-hybridized carbons (Fsp3) is 0.333. The van der Waals surface area contributed by atoms with Crippen LogP contribution in [-0.2, 0) is 23.1 Å². The fourth-order valence-electron chi connectivity index (χ4n) is 4.92. The molecule has 0 radical (unpaired) electrons. The number of aliphatic hydroxyl groups excluding tert-OH is 1. The van der Waals surface area contributed by atoms with Crippen LogP contribution in [0.25, 0.3) is 11.1 Å². The van der Waals surface area contributed by atoms with Crippen LogP contribution < -0.4 is 0 Å². The molecule has 3 aromatic rings. The number of rotatable bonds is 9. The van der Waals surface area contributed by atoms with Crippen LogP contribution >= 0.6 is 0 Å². The molecule has 3 aromatic carbocycles. The predicted molar refractivity (Wildman–Crippen MR) is 151 cm³/mol. The SMILES string of the molecule is CC(C)(C)c1ccc(-c2cccc(C[C@H](O)C=C[C@H]3CCC(=O)N3CCc3ccc(C(=O)O)cc3)c2)cc1. The van der Waals surface area contributed by atoms with E-state index in [0.29, 0.717) is 25.8 Å². The maximum Gasteiger partial charge on any atom is 0.335 e. The molecule has 1 fully saturated rings. The van der Waals surface area contributed by atoms with Crippen molar-refractivity contribution in [2.75, 3.05) is 6.54 Å². The molecule has 1 heterocycles. The molecule has 2 atom stereocenters. The highest BCUT2D eigenvalue weighted by Gasteiger charge is 2.28. The minimum Gasteiger partial charge on any atom is -0.478 e. The van der Waals surface area contributed by atoms with Crippen molar-refractivity contribution in [1.29, 1.82) is 0 Å². The summed E-state index contributed by atoms with van der Waals surface area (Å²) >= 11 is 0. The number of likely N-dealkylation sites (tertiary alicyclic amines) is 1. The van der Waals surface area contributed by atoms with Crippen molar-refractivity contribution >= 4 is 11.9 Å². The van der Waals surface area contributed by atoms with Crippen molar-refractivity contribution in [3.05, 3.63) is 107 Å². The zero-order chi connectivity index (χ0) is 27.3. The van der Waals surface area contributed by atoms with Gasteiger partial charge in [-0.1, -0.05) is 93.6 Å². The molecular weight excluding hydrogens is 474 g/mol. The molecular formula is C33H37NO4. The number of aromatic carboxylic acids is 1. The average Bonchev–Trinajstić information content (AvgIpc) is 3.25. The summed E-state index contributed by atoms with van der Waals surface area (Å²) in [5.74, 6) is -0.835. The molecule has 0 aromatic heterocycles. The van der Waals surface area contributed by atoms with Gasteiger partial charge in [-0.05, 0) is 58.2 Å². The van der Waals surface area contributed by atoms with Gasteiger partial charge in [0.25, 0.3) is 0 Å². The topological polar surface area (TPSA) is 77.8 Å². The first-order valence-corrected chi connectivity index (χ1v) is 13.3. The summed E-state index contributed by atoms with van der Waals surface area (Å²) < 4.78 is 0. The number of aliphatic hydroxyl groups is 1. The third kappa shape index (κ3) is 6.99. The van der Waals surface area contributed by atoms with E-state index in [1.165, 1.54) is 5.56 Å². The first-order valence-electron chi connectivity index (χ1n) is 13.3. The zero-order valence-corrected chi connectivity index (χ0v) is 22.4. The number of carboxylic acids is 1. The molecule has 0 saturated carbocycles. The minimum atomic E-state index is -0.948. The molecule has 4 rings (SSSR count). The summed E-state index contributed by atoms with van der Waals surface area (Å²) in [6.45, 7) is 7.19. The molecule has 198 valence electrons. The molecule has 5 nitrogen and oxygen atoms in total. The van der Waals surface area contributed by atoms with Crippen molar-refractivity contribution in [1.82, 2.24) is 4.90 Å². The largest absolute Gasteiger partial charge is 0.478 e. The fourth-order valence-corrected chi connectivity index (χ4v) is 4.92. The van der Waals surface area contributed by atoms with Crippen LogP contribution in [0, 0.1) is 0 Å². The Balaban J connectivity index is 1.35. The summed E-state index contributed by atoms with van der Waals surface area (Å²) in [6, 6.07) is 23.7. The highest BCUT2D eigenvalue weighted by molar-refractivity contribution is 5.87. The second-order valence-electron chi connectivity index (χ2n) is 11.1. The highest BCUT2D eigenvalue weighted by Crippen LogP contribution is 2.27. The molecule has 1 saturated heterocycles. The van der Waals surface area contributed by atoms with Gasteiger partial charge in [-0.25, -0.2) is 4.79 Å². The molecule has 2 N–H and O–H groups in total. The Morgan fingerprint density at radius 1 is 1.00 bits per heavy atom. The molecule has 38 heavy (non-hydrogen) atoms. The van der Waals surface area contributed by atoms with Gasteiger partial charge in [-0.15, -0.1) is 0 Å². The lowest BCUT2D eigenvalue weighted by atomic mass is 9.86. The minimum absolute atomic E-state index is 0.0388. The number of benzene rings is 3. The number of hydrogen-bond donors (Lipinski definition) is 2. The predicted octanol–water partition coefficient (Wildman–Crippen LogP) is 6.04. The van der Waals surface area contributed by atoms with Gasteiger partial charge in [0.2, 0.25) is 5.91 Å². The highest BCUT2D eigenvalue weighted by atomic mass is 16.4. The van der Waals surface area contributed by atoms with Crippen molar-refractivity contribution in [2.45, 2.75) is 64.0 Å². The number of carbonyl (C=O) groups is 2. The van der Waals surface area contributed by atoms with E-state index in [1.807, 2.05) is 29.2 Å². The van der Waals surface area contributed by atoms with Gasteiger partial charge >= 0.3 is 5.97 Å². The molecule has 0 spiro atoms. The van der Waals surface area contributed by atoms with Gasteiger partial charge in [0.05, 0.1) is 17.7 Å². The zero-order valence-electron chi connectivity index (χ0n) is 22.4. The number of amides is 1. The Kier molecular flexibility index (Phi) is 8.48. The van der Waals surface area contributed by atoms with Crippen LogP contribution in [0.1, 0.15) is 60.7 Å². The number of nitrogens with zero attached hydrogens (tertiary/aromatic N) is 1. The Bertz CT molecular complexity index is 1290. The third-order valence-corrected chi connectivity index (χ3v) is 7.23. The van der Waals surface area contributed by atoms with E-state index in [9.17, 15) is 14.7 Å². The summed E-state index contributed by atoms with van der Waals surface area (Å²) in [7, 11) is 0. The molecule has 5 heteroatoms. The van der Waals surface area contributed by atoms with E-state index in [2.05, 4.69) is 57.2 Å². The standard InChI is InChI=1S/C33H37NO4/c1-33(2,3)28-13-11-25(12-14-28)27-6-4-5-24(21-27)22-30(35)17-15-29-16-18-31(36)34(29)20-19-23-7-9-26(10-8-23)32(37)38/h4-15,17,21,29-30,35H,16,18-20,22H2,1-3H3,(H,37,38)/t29-,30+/m0/s1. The Morgan fingerprint density at radius 3 is 2.37 bits per heavy atom. The quantitative estimate of drug-likeness (QED) is 0.343. The summed E-state index contributed by atoms with van der Waals surface area (Å²) in [4.78, 5) is 25.4. The molecule has 1 aliphatic heterocycles. The maximum absolute atomic E-state index is 12.5. The second-order valence-corrected chi connectivity index (χ2v) is 11.1. The molecule has 1 amide bonds. The monoisotopic (exact) mass is 511 g/mol. The van der Waals surface area contributed by atoms with Gasteiger partial charge < -0.3 is 15.1 Å². The molecule has 0 bridgehead atoms. The molecule has 0 aliphatic carbocycles. The summed E-state index contributed by atoms with van der Waals surface area (Å²) in [5.41, 5.74) is 6.00. The summed E-state index contributed by atoms with van der Waals surface area (Å²) in [5, 5.41) is 19.8. The number of carboxylic acid groups (broad SMARTS) is 1. The van der Waals surface area contributed by atoms with Crippen molar-refractivity contribution in [3.8, 4) is 11.1 Å². The maximum atomic E-state index is 12.5. The first-order chi connectivity index (χ1) is 18.1. The number of carbonyl (C=O) groups excluding carboxylic acids is 1. The average molecular weight is 512 g/mol. The van der Waals surface area contributed by atoms with Gasteiger partial charge in [0.15, 0.2) is 0 Å². The molecule has 0 unspecified atom stereocenters. The second kappa shape index (κ2) is 11.8. The smallest absolute Gasteiger partial charge is 0.335 e. The lowest BCUT2D eigenvalue weighted by molar-refractivity contribution is -0.128. The van der Waals surface area contributed by atoms with Gasteiger partial charge in [-0.2, -0.15) is 0 Å². The lowest BCUT2D eigenvalue weighted by Gasteiger charge is -2.23. The number of hydrogen-bond acceptors (Lipinski definition) is 3. The van der Waals surface area contributed by atoms with Crippen molar-refractivity contribution in [3.63, 3.8) is 0 Å². The van der Waals surface area contributed by atoms with E-state index in [4.69, 9.17) is 5.11 Å². The lowest BCUT2D eigenvalue weighted by Crippen LogP contribution is -2.33. The van der Waals surface area contributed by atoms with Crippen LogP contribution in [-0.4, -0.2) is 45.7 Å². The molecule has 1 aliphatic rings. The normalized spacial score (nSPS) is 16.8.